The van der Waals surface area contributed by atoms with Crippen LogP contribution in [0.25, 0.3) is 11.1 Å². The van der Waals surface area contributed by atoms with Crippen LogP contribution in [0.15, 0.2) is 144 Å². The summed E-state index contributed by atoms with van der Waals surface area (Å²) in [6, 6.07) is 37.8. The molecule has 2 N–H and O–H groups in total. The van der Waals surface area contributed by atoms with Crippen LogP contribution in [-0.4, -0.2) is 183 Å². The van der Waals surface area contributed by atoms with Gasteiger partial charge < -0.3 is 49.3 Å². The molecular weight excluding hydrogens is 1340 g/mol. The fourth-order valence-electron chi connectivity index (χ4n) is 14.1. The van der Waals surface area contributed by atoms with Crippen LogP contribution in [0.2, 0.25) is 0 Å². The van der Waals surface area contributed by atoms with Crippen LogP contribution >= 0.6 is 15.9 Å². The van der Waals surface area contributed by atoms with Gasteiger partial charge in [-0.1, -0.05) is 85.3 Å². The summed E-state index contributed by atoms with van der Waals surface area (Å²) in [6.07, 6.45) is -4.54. The highest BCUT2D eigenvalue weighted by molar-refractivity contribution is 9.10. The number of hydrogen-bond donors (Lipinski definition) is 2. The van der Waals surface area contributed by atoms with E-state index in [0.29, 0.717) is 120 Å². The Kier molecular flexibility index (Phi) is 23.8. The van der Waals surface area contributed by atoms with E-state index < -0.39 is 64.6 Å². The molecule has 5 amide bonds. The summed E-state index contributed by atoms with van der Waals surface area (Å²) in [7, 11) is 5.29. The molecule has 10 rings (SSSR count). The molecule has 524 valence electrons. The third kappa shape index (κ3) is 17.6. The molecule has 0 bridgehead atoms. The normalized spacial score (nSPS) is 18.2. The van der Waals surface area contributed by atoms with Crippen LogP contribution in [0.5, 0.6) is 0 Å². The van der Waals surface area contributed by atoms with Crippen molar-refractivity contribution in [2.45, 2.75) is 106 Å². The first-order chi connectivity index (χ1) is 46.8. The third-order valence-electron chi connectivity index (χ3n) is 19.9. The van der Waals surface area contributed by atoms with Gasteiger partial charge >= 0.3 is 18.4 Å². The summed E-state index contributed by atoms with van der Waals surface area (Å²) >= 11 is 3.22. The van der Waals surface area contributed by atoms with Gasteiger partial charge in [0.05, 0.1) is 33.9 Å². The van der Waals surface area contributed by atoms with Crippen LogP contribution in [0.4, 0.5) is 46.9 Å². The van der Waals surface area contributed by atoms with Crippen molar-refractivity contribution in [1.29, 1.82) is 0 Å². The number of carboxylic acid groups (broad SMARTS) is 1. The minimum atomic E-state index is -5.16. The van der Waals surface area contributed by atoms with Gasteiger partial charge in [0.25, 0.3) is 11.8 Å². The molecule has 1 aliphatic carbocycles. The second-order valence-electron chi connectivity index (χ2n) is 26.2. The maximum Gasteiger partial charge on any atom is 0.416 e. The Labute approximate surface area is 575 Å². The lowest BCUT2D eigenvalue weighted by atomic mass is 9.72. The molecule has 3 heterocycles. The number of nitrogens with one attached hydrogen (secondary N) is 1. The van der Waals surface area contributed by atoms with Crippen molar-refractivity contribution in [1.82, 2.24) is 29.4 Å². The van der Waals surface area contributed by atoms with Gasteiger partial charge in [0.1, 0.15) is 24.8 Å². The molecule has 16 nitrogen and oxygen atoms in total. The number of alkyl halides is 6. The highest BCUT2D eigenvalue weighted by Crippen LogP contribution is 2.49. The Morgan fingerprint density at radius 1 is 0.684 bits per heavy atom. The average Bonchev–Trinajstić information content (AvgIpc) is 1.57. The molecule has 0 radical (unpaired) electrons. The molecule has 0 saturated carbocycles. The first-order valence-corrected chi connectivity index (χ1v) is 34.2. The zero-order valence-electron chi connectivity index (χ0n) is 55.4. The predicted octanol–water partition coefficient (Wildman–Crippen LogP) is 13.7. The van der Waals surface area contributed by atoms with Crippen molar-refractivity contribution < 1.29 is 69.3 Å². The first-order valence-electron chi connectivity index (χ1n) is 33.4. The molecule has 24 heteroatoms. The summed E-state index contributed by atoms with van der Waals surface area (Å²) in [6.45, 7) is 5.07. The lowest BCUT2D eigenvalue weighted by Gasteiger charge is -2.44. The molecule has 4 aliphatic rings. The van der Waals surface area contributed by atoms with E-state index in [1.54, 1.807) is 40.9 Å². The number of benzene rings is 6. The van der Waals surface area contributed by atoms with E-state index in [2.05, 4.69) is 43.2 Å². The fourth-order valence-corrected chi connectivity index (χ4v) is 14.5. The third-order valence-corrected chi connectivity index (χ3v) is 20.5. The van der Waals surface area contributed by atoms with Gasteiger partial charge in [-0.15, -0.1) is 0 Å². The molecular formula is C74H84BrF7N8O8. The molecule has 98 heavy (non-hydrogen) atoms. The van der Waals surface area contributed by atoms with E-state index in [1.165, 1.54) is 23.1 Å². The molecule has 2 atom stereocenters. The number of carbonyl (C=O) groups is 5. The van der Waals surface area contributed by atoms with Crippen LogP contribution < -0.4 is 10.2 Å². The van der Waals surface area contributed by atoms with Gasteiger partial charge in [-0.05, 0) is 170 Å². The summed E-state index contributed by atoms with van der Waals surface area (Å²) in [5.74, 6) is -1.90. The lowest BCUT2D eigenvalue weighted by Crippen LogP contribution is -2.50. The van der Waals surface area contributed by atoms with E-state index in [1.807, 2.05) is 85.9 Å². The maximum atomic E-state index is 14.6. The number of carbonyl (C=O) groups excluding carboxylic acids is 4. The molecule has 6 aromatic rings. The van der Waals surface area contributed by atoms with Crippen LogP contribution in [-0.2, 0) is 48.9 Å². The minimum Gasteiger partial charge on any atom is -0.465 e. The van der Waals surface area contributed by atoms with Crippen LogP contribution in [0, 0.1) is 5.82 Å². The average molecular weight is 1430 g/mol. The SMILES string of the molecule is CN(CCN1CCC(N(C(=O)O)c2ccccc2-c2ccccc2)CC1)C(=O)CCCCCNc1ccc(C(=O)N(C)CCCN(C)C(=O)CO[C@H]2Cc3ccccc3C23CCN(CC[C@@]2(c4ccc(F)c(Br)c4)CN(C(=O)c4cc(C(F)(F)F)cc(C(F)(F)F)c4)CO2)CC3)cc1. The quantitative estimate of drug-likeness (QED) is 0.0393. The molecule has 3 aliphatic heterocycles. The molecule has 0 aromatic heterocycles. The minimum absolute atomic E-state index is 0.0319. The summed E-state index contributed by atoms with van der Waals surface area (Å²) < 4.78 is 110. The second-order valence-corrected chi connectivity index (χ2v) is 27.1. The maximum absolute atomic E-state index is 14.6. The summed E-state index contributed by atoms with van der Waals surface area (Å²) in [5.41, 5.74) is 0.957. The van der Waals surface area contributed by atoms with Crippen molar-refractivity contribution in [3.8, 4) is 11.1 Å². The number of fused-ring (bicyclic) bond motifs is 2. The number of hydrogen-bond acceptors (Lipinski definition) is 10. The van der Waals surface area contributed by atoms with Crippen molar-refractivity contribution in [2.75, 3.05) is 117 Å². The van der Waals surface area contributed by atoms with Gasteiger partial charge in [-0.2, -0.15) is 26.3 Å². The molecule has 3 saturated heterocycles. The Morgan fingerprint density at radius 2 is 1.33 bits per heavy atom. The predicted molar refractivity (Wildman–Crippen MR) is 363 cm³/mol. The largest absolute Gasteiger partial charge is 0.465 e. The zero-order chi connectivity index (χ0) is 69.9. The summed E-state index contributed by atoms with van der Waals surface area (Å²) in [4.78, 5) is 78.8. The number of rotatable bonds is 26. The van der Waals surface area contributed by atoms with Gasteiger partial charge in [0.15, 0.2) is 0 Å². The topological polar surface area (TPSA) is 159 Å². The monoisotopic (exact) mass is 1420 g/mol. The number of piperidine rings is 2. The number of para-hydroxylation sites is 1. The van der Waals surface area contributed by atoms with Crippen LogP contribution in [0.3, 0.4) is 0 Å². The number of likely N-dealkylation sites (N-methyl/N-ethyl adjacent to an activating group) is 2. The number of unbranched alkanes of at least 4 members (excludes halogenated alkanes) is 2. The Hall–Kier alpha value is -7.90. The van der Waals surface area contributed by atoms with Crippen molar-refractivity contribution in [3.63, 3.8) is 0 Å². The number of anilines is 2. The lowest BCUT2D eigenvalue weighted by molar-refractivity contribution is -0.143. The molecule has 3 fully saturated rings. The zero-order valence-corrected chi connectivity index (χ0v) is 56.9. The number of ether oxygens (including phenoxy) is 2. The van der Waals surface area contributed by atoms with Crippen molar-refractivity contribution in [3.05, 3.63) is 189 Å². The molecule has 0 unspecified atom stereocenters. The van der Waals surface area contributed by atoms with E-state index in [0.717, 1.165) is 71.7 Å². The van der Waals surface area contributed by atoms with Crippen LogP contribution in [0.1, 0.15) is 113 Å². The van der Waals surface area contributed by atoms with Gasteiger partial charge in [-0.3, -0.25) is 24.1 Å². The summed E-state index contributed by atoms with van der Waals surface area (Å²) in [5, 5.41) is 13.8. The van der Waals surface area contributed by atoms with Gasteiger partial charge in [-0.25, -0.2) is 9.18 Å². The Morgan fingerprint density at radius 3 is 2.01 bits per heavy atom. The van der Waals surface area contributed by atoms with E-state index in [4.69, 9.17) is 9.47 Å². The highest BCUT2D eigenvalue weighted by Gasteiger charge is 2.50. The van der Waals surface area contributed by atoms with Gasteiger partial charge in [0.2, 0.25) is 11.8 Å². The smallest absolute Gasteiger partial charge is 0.416 e. The second kappa shape index (κ2) is 32.0. The number of amides is 5. The highest BCUT2D eigenvalue weighted by atomic mass is 79.9. The Bertz CT molecular complexity index is 3730. The van der Waals surface area contributed by atoms with Gasteiger partial charge in [0, 0.05) is 114 Å². The van der Waals surface area contributed by atoms with E-state index >= 15 is 0 Å². The number of halogens is 8. The van der Waals surface area contributed by atoms with Crippen molar-refractivity contribution >= 4 is 57.0 Å². The van der Waals surface area contributed by atoms with E-state index in [-0.39, 0.29) is 60.0 Å². The van der Waals surface area contributed by atoms with E-state index in [9.17, 15) is 59.8 Å². The first kappa shape index (κ1) is 72.8. The standard InChI is InChI=1S/C74H84BrF7N8O8/c1-84(34-14-35-86(3)68(93)52-22-25-58(26-23-52)83-33-13-5-8-21-66(91)85(2)41-42-87-36-28-59(29-37-87)90(70(95)96)64-20-12-10-18-60(64)51-15-6-4-7-16-51)67(92)48-97-65-45-53-17-9-11-19-61(53)71(65)30-38-88(39-31-71)40-32-72(55-24-27-63(76)62(75)47-55)49-89(50-98-72)69(94)54-43-56(73(77,78)79)46-57(44-54)74(80,81)82/h4,6-7,9-12,15-20,22-27,43-44,46-47,59,65,83H,5,8,13-14,21,28-42,45,48-50H2,1-3H3,(H,95,96)/t65-,72-/m0/s1. The molecule has 1 spiro atoms. The fraction of sp³-hybridized carbons (Fsp3) is 0.446. The number of nitrogens with zero attached hydrogens (tertiary/aromatic N) is 7. The Balaban J connectivity index is 0.621. The number of likely N-dealkylation sites (tertiary alicyclic amines) is 2. The van der Waals surface area contributed by atoms with Crippen molar-refractivity contribution in [2.24, 2.45) is 0 Å². The molecule has 6 aromatic carbocycles.